The second-order valence-electron chi connectivity index (χ2n) is 4.05. The molecule has 2 aromatic rings. The number of rotatable bonds is 3. The Kier molecular flexibility index (Phi) is 3.32. The third kappa shape index (κ3) is 2.34. The smallest absolute Gasteiger partial charge is 0.325 e. The normalized spacial score (nSPS) is 10.3. The number of nitrogen functional groups attached to an aromatic ring is 1. The van der Waals surface area contributed by atoms with E-state index in [4.69, 9.17) is 5.73 Å². The molecule has 5 nitrogen and oxygen atoms in total. The predicted molar refractivity (Wildman–Crippen MR) is 71.4 cm³/mol. The number of likely N-dealkylation sites (N-methyl/N-ethyl adjacent to an activating group) is 1. The number of benzene rings is 1. The minimum Gasteiger partial charge on any atom is -0.468 e. The van der Waals surface area contributed by atoms with Crippen molar-refractivity contribution in [2.75, 3.05) is 31.3 Å². The van der Waals surface area contributed by atoms with Gasteiger partial charge in [0.1, 0.15) is 12.4 Å². The van der Waals surface area contributed by atoms with Crippen molar-refractivity contribution in [3.8, 4) is 0 Å². The van der Waals surface area contributed by atoms with Crippen molar-refractivity contribution in [3.05, 3.63) is 30.5 Å². The molecule has 0 aliphatic carbocycles. The number of nitrogens with zero attached hydrogens (tertiary/aromatic N) is 2. The summed E-state index contributed by atoms with van der Waals surface area (Å²) < 4.78 is 4.65. The molecule has 94 valence electrons. The lowest BCUT2D eigenvalue weighted by atomic mass is 10.1. The molecule has 18 heavy (non-hydrogen) atoms. The number of ether oxygens (including phenoxy) is 1. The predicted octanol–water partition coefficient (Wildman–Crippen LogP) is 1.43. The zero-order valence-electron chi connectivity index (χ0n) is 10.4. The molecular weight excluding hydrogens is 230 g/mol. The van der Waals surface area contributed by atoms with E-state index in [-0.39, 0.29) is 12.5 Å². The number of anilines is 2. The average Bonchev–Trinajstić information content (AvgIpc) is 2.37. The molecule has 1 aromatic carbocycles. The summed E-state index contributed by atoms with van der Waals surface area (Å²) in [6.45, 7) is 0.150. The van der Waals surface area contributed by atoms with Gasteiger partial charge in [0.05, 0.1) is 7.11 Å². The van der Waals surface area contributed by atoms with Crippen molar-refractivity contribution in [3.63, 3.8) is 0 Å². The topological polar surface area (TPSA) is 68.5 Å². The van der Waals surface area contributed by atoms with Gasteiger partial charge in [0, 0.05) is 24.3 Å². The van der Waals surface area contributed by atoms with Crippen molar-refractivity contribution in [1.82, 2.24) is 4.98 Å². The van der Waals surface area contributed by atoms with E-state index in [1.165, 1.54) is 7.11 Å². The summed E-state index contributed by atoms with van der Waals surface area (Å²) in [7, 11) is 3.16. The number of carbonyl (C=O) groups excluding carboxylic acids is 1. The highest BCUT2D eigenvalue weighted by Gasteiger charge is 2.11. The van der Waals surface area contributed by atoms with Crippen molar-refractivity contribution in [2.45, 2.75) is 0 Å². The first kappa shape index (κ1) is 12.2. The molecule has 0 saturated carbocycles. The van der Waals surface area contributed by atoms with Crippen molar-refractivity contribution in [2.24, 2.45) is 0 Å². The third-order valence-corrected chi connectivity index (χ3v) is 2.72. The summed E-state index contributed by atoms with van der Waals surface area (Å²) in [6, 6.07) is 7.53. The molecule has 5 heteroatoms. The van der Waals surface area contributed by atoms with Crippen LogP contribution in [0.15, 0.2) is 30.5 Å². The first-order valence-corrected chi connectivity index (χ1v) is 5.54. The van der Waals surface area contributed by atoms with Gasteiger partial charge in [-0.3, -0.25) is 4.79 Å². The summed E-state index contributed by atoms with van der Waals surface area (Å²) in [4.78, 5) is 17.3. The number of carbonyl (C=O) groups is 1. The molecule has 1 aromatic heterocycles. The largest absolute Gasteiger partial charge is 0.468 e. The maximum Gasteiger partial charge on any atom is 0.325 e. The highest BCUT2D eigenvalue weighted by atomic mass is 16.5. The van der Waals surface area contributed by atoms with Crippen LogP contribution in [-0.4, -0.2) is 31.7 Å². The molecule has 0 atom stereocenters. The minimum absolute atomic E-state index is 0.150. The van der Waals surface area contributed by atoms with Gasteiger partial charge in [-0.15, -0.1) is 0 Å². The van der Waals surface area contributed by atoms with Crippen LogP contribution in [0, 0.1) is 0 Å². The molecule has 0 radical (unpaired) electrons. The Hall–Kier alpha value is -2.30. The van der Waals surface area contributed by atoms with E-state index < -0.39 is 0 Å². The zero-order chi connectivity index (χ0) is 13.1. The van der Waals surface area contributed by atoms with Crippen molar-refractivity contribution >= 4 is 28.2 Å². The van der Waals surface area contributed by atoms with Gasteiger partial charge < -0.3 is 15.4 Å². The monoisotopic (exact) mass is 245 g/mol. The van der Waals surface area contributed by atoms with Gasteiger partial charge in [-0.25, -0.2) is 4.98 Å². The van der Waals surface area contributed by atoms with Crippen molar-refractivity contribution in [1.29, 1.82) is 0 Å². The van der Waals surface area contributed by atoms with Gasteiger partial charge >= 0.3 is 5.97 Å². The van der Waals surface area contributed by atoms with E-state index in [0.29, 0.717) is 11.5 Å². The first-order chi connectivity index (χ1) is 8.61. The number of methoxy groups -OCH3 is 1. The van der Waals surface area contributed by atoms with Gasteiger partial charge in [0.25, 0.3) is 0 Å². The van der Waals surface area contributed by atoms with Gasteiger partial charge in [-0.05, 0) is 23.6 Å². The fourth-order valence-electron chi connectivity index (χ4n) is 1.81. The first-order valence-electron chi connectivity index (χ1n) is 5.54. The minimum atomic E-state index is -0.305. The van der Waals surface area contributed by atoms with E-state index in [0.717, 1.165) is 10.8 Å². The maximum atomic E-state index is 11.3. The van der Waals surface area contributed by atoms with Crippen LogP contribution in [-0.2, 0) is 9.53 Å². The van der Waals surface area contributed by atoms with Crippen molar-refractivity contribution < 1.29 is 9.53 Å². The zero-order valence-corrected chi connectivity index (χ0v) is 10.4. The standard InChI is InChI=1S/C13H15N3O2/c1-16(8-12(17)18-2)13-11-7-10(14)4-3-9(11)5-6-15-13/h3-7H,8,14H2,1-2H3. The molecule has 2 N–H and O–H groups in total. The third-order valence-electron chi connectivity index (χ3n) is 2.72. The fourth-order valence-corrected chi connectivity index (χ4v) is 1.81. The molecule has 2 rings (SSSR count). The maximum absolute atomic E-state index is 11.3. The number of pyridine rings is 1. The molecule has 0 bridgehead atoms. The number of esters is 1. The summed E-state index contributed by atoms with van der Waals surface area (Å²) >= 11 is 0. The Labute approximate surface area is 105 Å². The quantitative estimate of drug-likeness (QED) is 0.654. The lowest BCUT2D eigenvalue weighted by Crippen LogP contribution is -2.27. The van der Waals surface area contributed by atoms with Gasteiger partial charge in [-0.2, -0.15) is 0 Å². The van der Waals surface area contributed by atoms with Crippen LogP contribution in [0.3, 0.4) is 0 Å². The van der Waals surface area contributed by atoms with E-state index in [2.05, 4.69) is 9.72 Å². The molecule has 1 heterocycles. The lowest BCUT2D eigenvalue weighted by Gasteiger charge is -2.18. The van der Waals surface area contributed by atoms with Gasteiger partial charge in [-0.1, -0.05) is 6.07 Å². The summed E-state index contributed by atoms with van der Waals surface area (Å²) in [5.74, 6) is 0.408. The van der Waals surface area contributed by atoms with Crippen LogP contribution in [0.2, 0.25) is 0 Å². The molecule has 0 aliphatic heterocycles. The summed E-state index contributed by atoms with van der Waals surface area (Å²) in [5.41, 5.74) is 6.45. The molecule has 0 amide bonds. The average molecular weight is 245 g/mol. The molecule has 0 saturated heterocycles. The van der Waals surface area contributed by atoms with E-state index in [9.17, 15) is 4.79 Å². The highest BCUT2D eigenvalue weighted by Crippen LogP contribution is 2.25. The number of hydrogen-bond acceptors (Lipinski definition) is 5. The summed E-state index contributed by atoms with van der Waals surface area (Å²) in [6.07, 6.45) is 1.71. The number of fused-ring (bicyclic) bond motifs is 1. The van der Waals surface area contributed by atoms with E-state index in [1.54, 1.807) is 18.1 Å². The Morgan fingerprint density at radius 3 is 2.94 bits per heavy atom. The van der Waals surface area contributed by atoms with Gasteiger partial charge in [0.2, 0.25) is 0 Å². The van der Waals surface area contributed by atoms with Crippen LogP contribution in [0.1, 0.15) is 0 Å². The molecule has 0 fully saturated rings. The molecule has 0 aliphatic rings. The number of nitrogens with two attached hydrogens (primary N) is 1. The Morgan fingerprint density at radius 1 is 1.44 bits per heavy atom. The highest BCUT2D eigenvalue weighted by molar-refractivity contribution is 5.95. The molecule has 0 spiro atoms. The fraction of sp³-hybridized carbons (Fsp3) is 0.231. The van der Waals surface area contributed by atoms with Crippen LogP contribution in [0.5, 0.6) is 0 Å². The number of hydrogen-bond donors (Lipinski definition) is 1. The second kappa shape index (κ2) is 4.91. The Balaban J connectivity index is 2.43. The van der Waals surface area contributed by atoms with Crippen LogP contribution in [0.4, 0.5) is 11.5 Å². The van der Waals surface area contributed by atoms with Gasteiger partial charge in [0.15, 0.2) is 0 Å². The van der Waals surface area contributed by atoms with Crippen LogP contribution >= 0.6 is 0 Å². The number of aromatic nitrogens is 1. The van der Waals surface area contributed by atoms with Crippen LogP contribution in [0.25, 0.3) is 10.8 Å². The van der Waals surface area contributed by atoms with Crippen LogP contribution < -0.4 is 10.6 Å². The molecule has 0 unspecified atom stereocenters. The molecular formula is C13H15N3O2. The SMILES string of the molecule is COC(=O)CN(C)c1nccc2ccc(N)cc12. The second-order valence-corrected chi connectivity index (χ2v) is 4.05. The Morgan fingerprint density at radius 2 is 2.22 bits per heavy atom. The summed E-state index contributed by atoms with van der Waals surface area (Å²) in [5, 5.41) is 1.95. The lowest BCUT2D eigenvalue weighted by molar-refractivity contribution is -0.138. The Bertz CT molecular complexity index is 583. The van der Waals surface area contributed by atoms with E-state index >= 15 is 0 Å². The van der Waals surface area contributed by atoms with E-state index in [1.807, 2.05) is 24.3 Å².